The molecule has 1 aliphatic rings. The van der Waals surface area contributed by atoms with Crippen molar-refractivity contribution in [1.82, 2.24) is 0 Å². The number of amides is 1. The van der Waals surface area contributed by atoms with Crippen LogP contribution >= 0.6 is 0 Å². The van der Waals surface area contributed by atoms with Crippen molar-refractivity contribution in [2.75, 3.05) is 23.3 Å². The number of sulfonamides is 1. The van der Waals surface area contributed by atoms with E-state index in [0.717, 1.165) is 6.42 Å². The summed E-state index contributed by atoms with van der Waals surface area (Å²) in [5.41, 5.74) is 0.615. The molecule has 0 bridgehead atoms. The number of halogens is 1. The van der Waals surface area contributed by atoms with Gasteiger partial charge >= 0.3 is 0 Å². The van der Waals surface area contributed by atoms with Gasteiger partial charge in [-0.2, -0.15) is 0 Å². The smallest absolute Gasteiger partial charge is 0.262 e. The molecule has 4 rings (SSSR count). The maximum atomic E-state index is 13.7. The molecule has 0 saturated carbocycles. The van der Waals surface area contributed by atoms with E-state index < -0.39 is 21.7 Å². The molecule has 0 aliphatic carbocycles. The van der Waals surface area contributed by atoms with E-state index in [1.54, 1.807) is 12.1 Å². The predicted molar refractivity (Wildman–Crippen MR) is 114 cm³/mol. The van der Waals surface area contributed by atoms with Gasteiger partial charge < -0.3 is 14.8 Å². The van der Waals surface area contributed by atoms with Crippen LogP contribution in [0.1, 0.15) is 16.8 Å². The van der Waals surface area contributed by atoms with E-state index in [0.29, 0.717) is 36.1 Å². The molecule has 1 aliphatic heterocycles. The van der Waals surface area contributed by atoms with E-state index in [9.17, 15) is 17.6 Å². The number of fused-ring (bicyclic) bond motifs is 1. The first-order chi connectivity index (χ1) is 14.9. The van der Waals surface area contributed by atoms with Gasteiger partial charge in [-0.25, -0.2) is 12.8 Å². The van der Waals surface area contributed by atoms with E-state index in [2.05, 4.69) is 10.0 Å². The molecule has 0 aromatic heterocycles. The molecule has 7 nitrogen and oxygen atoms in total. The van der Waals surface area contributed by atoms with Crippen LogP contribution in [0.4, 0.5) is 15.8 Å². The van der Waals surface area contributed by atoms with Crippen LogP contribution in [0.15, 0.2) is 71.6 Å². The van der Waals surface area contributed by atoms with E-state index in [1.807, 2.05) is 0 Å². The zero-order chi connectivity index (χ0) is 21.8. The number of carbonyl (C=O) groups excluding carboxylic acids is 1. The Bertz CT molecular complexity index is 1210. The Morgan fingerprint density at radius 1 is 0.871 bits per heavy atom. The van der Waals surface area contributed by atoms with Gasteiger partial charge in [-0.05, 0) is 48.5 Å². The quantitative estimate of drug-likeness (QED) is 0.622. The first-order valence-electron chi connectivity index (χ1n) is 9.51. The van der Waals surface area contributed by atoms with Gasteiger partial charge in [-0.15, -0.1) is 0 Å². The highest BCUT2D eigenvalue weighted by Gasteiger charge is 2.19. The molecule has 160 valence electrons. The molecule has 0 unspecified atom stereocenters. The molecule has 0 saturated heterocycles. The Labute approximate surface area is 178 Å². The molecule has 1 heterocycles. The molecule has 2 N–H and O–H groups in total. The van der Waals surface area contributed by atoms with Gasteiger partial charge in [0, 0.05) is 23.9 Å². The zero-order valence-corrected chi connectivity index (χ0v) is 17.1. The topological polar surface area (TPSA) is 93.7 Å². The van der Waals surface area contributed by atoms with Gasteiger partial charge in [-0.1, -0.05) is 12.1 Å². The number of rotatable bonds is 5. The molecule has 3 aromatic carbocycles. The van der Waals surface area contributed by atoms with Crippen molar-refractivity contribution in [3.8, 4) is 11.5 Å². The molecule has 9 heteroatoms. The average Bonchev–Trinajstić information content (AvgIpc) is 3.00. The number of carbonyl (C=O) groups is 1. The lowest BCUT2D eigenvalue weighted by Gasteiger charge is -2.12. The summed E-state index contributed by atoms with van der Waals surface area (Å²) in [6, 6.07) is 16.1. The Morgan fingerprint density at radius 2 is 1.55 bits per heavy atom. The fourth-order valence-corrected chi connectivity index (χ4v) is 4.06. The summed E-state index contributed by atoms with van der Waals surface area (Å²) in [5, 5.41) is 2.57. The van der Waals surface area contributed by atoms with Crippen LogP contribution in [0.2, 0.25) is 0 Å². The first-order valence-corrected chi connectivity index (χ1v) is 11.0. The lowest BCUT2D eigenvalue weighted by molar-refractivity contribution is 0.102. The molecule has 3 aromatic rings. The molecule has 0 atom stereocenters. The summed E-state index contributed by atoms with van der Waals surface area (Å²) in [6.07, 6.45) is 0.717. The summed E-state index contributed by atoms with van der Waals surface area (Å²) in [7, 11) is -3.87. The van der Waals surface area contributed by atoms with Gasteiger partial charge in [0.1, 0.15) is 5.82 Å². The molecular formula is C22H19FN2O5S. The number of anilines is 2. The van der Waals surface area contributed by atoms with Crippen LogP contribution in [-0.2, 0) is 10.0 Å². The van der Waals surface area contributed by atoms with Crippen LogP contribution in [0.5, 0.6) is 11.5 Å². The van der Waals surface area contributed by atoms with Crippen LogP contribution in [0.3, 0.4) is 0 Å². The van der Waals surface area contributed by atoms with Crippen molar-refractivity contribution in [3.05, 3.63) is 78.1 Å². The number of nitrogens with one attached hydrogen (secondary N) is 2. The van der Waals surface area contributed by atoms with E-state index in [-0.39, 0.29) is 10.5 Å². The van der Waals surface area contributed by atoms with Gasteiger partial charge in [-0.3, -0.25) is 9.52 Å². The highest BCUT2D eigenvalue weighted by Crippen LogP contribution is 2.32. The lowest BCUT2D eigenvalue weighted by Crippen LogP contribution is -2.14. The average molecular weight is 442 g/mol. The second kappa shape index (κ2) is 8.65. The fourth-order valence-electron chi connectivity index (χ4n) is 2.99. The second-order valence-electron chi connectivity index (χ2n) is 6.78. The molecule has 0 spiro atoms. The van der Waals surface area contributed by atoms with E-state index in [1.165, 1.54) is 54.6 Å². The standard InChI is InChI=1S/C22H19FN2O5S/c23-19-5-2-1-4-18(19)22(26)24-15-6-8-16(9-7-15)25-31(27,28)17-10-11-20-21(14-17)30-13-3-12-29-20/h1-2,4-11,14,25H,3,12-13H2,(H,24,26). The van der Waals surface area contributed by atoms with Crippen molar-refractivity contribution in [2.45, 2.75) is 11.3 Å². The number of ether oxygens (including phenoxy) is 2. The number of hydrogen-bond acceptors (Lipinski definition) is 5. The lowest BCUT2D eigenvalue weighted by atomic mass is 10.2. The van der Waals surface area contributed by atoms with E-state index in [4.69, 9.17) is 9.47 Å². The van der Waals surface area contributed by atoms with Crippen molar-refractivity contribution >= 4 is 27.3 Å². The van der Waals surface area contributed by atoms with Crippen LogP contribution < -0.4 is 19.5 Å². The minimum Gasteiger partial charge on any atom is -0.490 e. The first kappa shape index (κ1) is 20.7. The highest BCUT2D eigenvalue weighted by molar-refractivity contribution is 7.92. The minimum atomic E-state index is -3.87. The molecule has 0 fully saturated rings. The molecule has 1 amide bonds. The SMILES string of the molecule is O=C(Nc1ccc(NS(=O)(=O)c2ccc3c(c2)OCCCO3)cc1)c1ccccc1F. The van der Waals surface area contributed by atoms with Crippen molar-refractivity contribution < 1.29 is 27.1 Å². The Morgan fingerprint density at radius 3 is 2.29 bits per heavy atom. The summed E-state index contributed by atoms with van der Waals surface area (Å²) >= 11 is 0. The maximum Gasteiger partial charge on any atom is 0.262 e. The monoisotopic (exact) mass is 442 g/mol. The summed E-state index contributed by atoms with van der Waals surface area (Å²) in [5.74, 6) is -0.337. The van der Waals surface area contributed by atoms with Crippen LogP contribution in [0.25, 0.3) is 0 Å². The van der Waals surface area contributed by atoms with Crippen molar-refractivity contribution in [1.29, 1.82) is 0 Å². The third kappa shape index (κ3) is 4.77. The largest absolute Gasteiger partial charge is 0.490 e. The molecule has 0 radical (unpaired) electrons. The van der Waals surface area contributed by atoms with Gasteiger partial charge in [0.25, 0.3) is 15.9 Å². The summed E-state index contributed by atoms with van der Waals surface area (Å²) < 4.78 is 52.8. The Hall–Kier alpha value is -3.59. The minimum absolute atomic E-state index is 0.0358. The number of benzene rings is 3. The number of hydrogen-bond donors (Lipinski definition) is 2. The van der Waals surface area contributed by atoms with Crippen molar-refractivity contribution in [2.24, 2.45) is 0 Å². The van der Waals surface area contributed by atoms with Gasteiger partial charge in [0.05, 0.1) is 23.7 Å². The zero-order valence-electron chi connectivity index (χ0n) is 16.3. The Balaban J connectivity index is 1.46. The van der Waals surface area contributed by atoms with Gasteiger partial charge in [0.15, 0.2) is 11.5 Å². The van der Waals surface area contributed by atoms with Crippen LogP contribution in [-0.4, -0.2) is 27.5 Å². The summed E-state index contributed by atoms with van der Waals surface area (Å²) in [6.45, 7) is 0.959. The predicted octanol–water partition coefficient (Wildman–Crippen LogP) is 4.04. The fraction of sp³-hybridized carbons (Fsp3) is 0.136. The summed E-state index contributed by atoms with van der Waals surface area (Å²) in [4.78, 5) is 12.2. The molecule has 31 heavy (non-hydrogen) atoms. The van der Waals surface area contributed by atoms with Gasteiger partial charge in [0.2, 0.25) is 0 Å². The molecular weight excluding hydrogens is 423 g/mol. The highest BCUT2D eigenvalue weighted by atomic mass is 32.2. The normalized spacial score (nSPS) is 13.2. The maximum absolute atomic E-state index is 13.7. The van der Waals surface area contributed by atoms with Crippen LogP contribution in [0, 0.1) is 5.82 Å². The Kier molecular flexibility index (Phi) is 5.77. The van der Waals surface area contributed by atoms with E-state index >= 15 is 0 Å². The second-order valence-corrected chi connectivity index (χ2v) is 8.46. The third-order valence-corrected chi connectivity index (χ3v) is 5.92. The third-order valence-electron chi connectivity index (χ3n) is 4.54. The van der Waals surface area contributed by atoms with Crippen molar-refractivity contribution in [3.63, 3.8) is 0 Å².